The van der Waals surface area contributed by atoms with E-state index in [0.29, 0.717) is 36.5 Å². The van der Waals surface area contributed by atoms with Crippen molar-refractivity contribution in [1.82, 2.24) is 9.80 Å². The molecule has 0 spiro atoms. The molecule has 0 unspecified atom stereocenters. The Balaban J connectivity index is 1.59. The summed E-state index contributed by atoms with van der Waals surface area (Å²) in [7, 11) is 5.52. The van der Waals surface area contributed by atoms with Gasteiger partial charge in [0.05, 0.1) is 11.7 Å². The number of aliphatic hydroxyl groups is 1. The molecule has 30 heavy (non-hydrogen) atoms. The quantitative estimate of drug-likeness (QED) is 0.836. The molecule has 0 aromatic heterocycles. The second kappa shape index (κ2) is 7.74. The van der Waals surface area contributed by atoms with Crippen LogP contribution in [0, 0.1) is 0 Å². The normalized spacial score (nSPS) is 23.9. The van der Waals surface area contributed by atoms with Gasteiger partial charge >= 0.3 is 0 Å². The van der Waals surface area contributed by atoms with Gasteiger partial charge < -0.3 is 24.5 Å². The van der Waals surface area contributed by atoms with Gasteiger partial charge in [0.1, 0.15) is 11.4 Å². The Morgan fingerprint density at radius 1 is 1.20 bits per heavy atom. The minimum Gasteiger partial charge on any atom is -0.482 e. The first-order valence-corrected chi connectivity index (χ1v) is 10.1. The van der Waals surface area contributed by atoms with Crippen LogP contribution in [-0.4, -0.2) is 73.6 Å². The Labute approximate surface area is 176 Å². The molecule has 7 heteroatoms. The number of carbonyl (C=O) groups excluding carboxylic acids is 2. The Kier molecular flexibility index (Phi) is 5.26. The van der Waals surface area contributed by atoms with Crippen LogP contribution < -0.4 is 9.64 Å². The largest absolute Gasteiger partial charge is 0.482 e. The molecule has 1 fully saturated rings. The van der Waals surface area contributed by atoms with Gasteiger partial charge in [-0.15, -0.1) is 0 Å². The number of likely N-dealkylation sites (N-methyl/N-ethyl adjacent to an activating group) is 2. The average Bonchev–Trinajstić information content (AvgIpc) is 2.76. The highest BCUT2D eigenvalue weighted by atomic mass is 16.5. The van der Waals surface area contributed by atoms with Crippen LogP contribution in [0.25, 0.3) is 0 Å². The minimum absolute atomic E-state index is 0.00546. The number of piperidine rings is 1. The summed E-state index contributed by atoms with van der Waals surface area (Å²) in [4.78, 5) is 30.5. The van der Waals surface area contributed by atoms with Gasteiger partial charge in [0.2, 0.25) is 0 Å². The lowest BCUT2D eigenvalue weighted by Crippen LogP contribution is -2.60. The molecular formula is C23H27N3O4. The van der Waals surface area contributed by atoms with E-state index in [-0.39, 0.29) is 24.5 Å². The molecule has 0 aliphatic carbocycles. The predicted molar refractivity (Wildman–Crippen MR) is 114 cm³/mol. The summed E-state index contributed by atoms with van der Waals surface area (Å²) in [6.45, 7) is 0.849. The molecule has 0 bridgehead atoms. The van der Waals surface area contributed by atoms with Gasteiger partial charge in [-0.2, -0.15) is 0 Å². The van der Waals surface area contributed by atoms with Crippen molar-refractivity contribution in [3.63, 3.8) is 0 Å². The van der Waals surface area contributed by atoms with E-state index in [9.17, 15) is 14.7 Å². The van der Waals surface area contributed by atoms with Gasteiger partial charge in [0.25, 0.3) is 11.8 Å². The topological polar surface area (TPSA) is 73.3 Å². The van der Waals surface area contributed by atoms with Gasteiger partial charge in [-0.05, 0) is 44.3 Å². The van der Waals surface area contributed by atoms with Crippen LogP contribution in [0.15, 0.2) is 48.5 Å². The van der Waals surface area contributed by atoms with Crippen molar-refractivity contribution in [2.45, 2.75) is 18.1 Å². The zero-order valence-electron chi connectivity index (χ0n) is 17.5. The number of rotatable bonds is 3. The first-order valence-electron chi connectivity index (χ1n) is 10.1. The Morgan fingerprint density at radius 2 is 1.93 bits per heavy atom. The molecule has 1 N–H and O–H groups in total. The smallest absolute Gasteiger partial charge is 0.264 e. The lowest BCUT2D eigenvalue weighted by Gasteiger charge is -2.47. The summed E-state index contributed by atoms with van der Waals surface area (Å²) < 4.78 is 5.46. The van der Waals surface area contributed by atoms with Crippen LogP contribution in [0.2, 0.25) is 0 Å². The molecule has 0 radical (unpaired) electrons. The van der Waals surface area contributed by atoms with Crippen LogP contribution in [0.1, 0.15) is 22.3 Å². The van der Waals surface area contributed by atoms with Crippen molar-refractivity contribution < 1.29 is 19.4 Å². The second-order valence-electron chi connectivity index (χ2n) is 8.19. The highest BCUT2D eigenvalue weighted by molar-refractivity contribution is 6.01. The molecule has 4 rings (SSSR count). The van der Waals surface area contributed by atoms with Crippen molar-refractivity contribution in [2.75, 3.05) is 45.7 Å². The van der Waals surface area contributed by atoms with Crippen LogP contribution in [-0.2, 0) is 10.4 Å². The van der Waals surface area contributed by atoms with Crippen molar-refractivity contribution in [2.24, 2.45) is 0 Å². The first kappa shape index (κ1) is 20.4. The van der Waals surface area contributed by atoms with E-state index in [1.54, 1.807) is 30.1 Å². The molecule has 7 nitrogen and oxygen atoms in total. The lowest BCUT2D eigenvalue weighted by molar-refractivity contribution is -0.121. The number of hydrogen-bond donors (Lipinski definition) is 1. The maximum absolute atomic E-state index is 13.3. The summed E-state index contributed by atoms with van der Waals surface area (Å²) in [6.07, 6.45) is 0.443. The number of nitrogens with zero attached hydrogens (tertiary/aromatic N) is 3. The third kappa shape index (κ3) is 3.44. The molecule has 0 saturated carbocycles. The number of benzene rings is 2. The maximum atomic E-state index is 13.3. The highest BCUT2D eigenvalue weighted by Gasteiger charge is 2.45. The van der Waals surface area contributed by atoms with E-state index in [4.69, 9.17) is 4.74 Å². The number of fused-ring (bicyclic) bond motifs is 1. The van der Waals surface area contributed by atoms with E-state index in [2.05, 4.69) is 0 Å². The zero-order chi connectivity index (χ0) is 21.5. The van der Waals surface area contributed by atoms with Crippen molar-refractivity contribution >= 4 is 17.5 Å². The third-order valence-corrected chi connectivity index (χ3v) is 6.18. The van der Waals surface area contributed by atoms with Gasteiger partial charge in [0.15, 0.2) is 6.61 Å². The van der Waals surface area contributed by atoms with Crippen LogP contribution >= 0.6 is 0 Å². The summed E-state index contributed by atoms with van der Waals surface area (Å²) in [6, 6.07) is 14.6. The van der Waals surface area contributed by atoms with Gasteiger partial charge in [0, 0.05) is 25.7 Å². The summed E-state index contributed by atoms with van der Waals surface area (Å²) in [5, 5.41) is 11.5. The standard InChI is InChI=1S/C23H27N3O4/c1-24(2)20-14-26(12-11-23(20,29)17-7-5-4-6-8-17)22(28)16-9-10-19-18(13-16)25(3)21(27)15-30-19/h4-10,13,20,29H,11-12,14-15H2,1-3H3/t20-,23+/m1/s1. The Hall–Kier alpha value is -2.90. The fraction of sp³-hybridized carbons (Fsp3) is 0.391. The van der Waals surface area contributed by atoms with Crippen molar-refractivity contribution in [3.05, 3.63) is 59.7 Å². The number of likely N-dealkylation sites (tertiary alicyclic amines) is 1. The monoisotopic (exact) mass is 409 g/mol. The maximum Gasteiger partial charge on any atom is 0.264 e. The number of carbonyl (C=O) groups is 2. The molecule has 158 valence electrons. The van der Waals surface area contributed by atoms with Crippen molar-refractivity contribution in [3.8, 4) is 5.75 Å². The van der Waals surface area contributed by atoms with E-state index in [0.717, 1.165) is 5.56 Å². The van der Waals surface area contributed by atoms with Gasteiger partial charge in [-0.25, -0.2) is 0 Å². The predicted octanol–water partition coefficient (Wildman–Crippen LogP) is 1.71. The molecule has 1 saturated heterocycles. The molecule has 2 aromatic carbocycles. The van der Waals surface area contributed by atoms with Gasteiger partial charge in [-0.1, -0.05) is 30.3 Å². The highest BCUT2D eigenvalue weighted by Crippen LogP contribution is 2.37. The number of amides is 2. The fourth-order valence-electron chi connectivity index (χ4n) is 4.35. The van der Waals surface area contributed by atoms with Crippen molar-refractivity contribution in [1.29, 1.82) is 0 Å². The molecule has 2 aliphatic rings. The number of ether oxygens (including phenoxy) is 1. The summed E-state index contributed by atoms with van der Waals surface area (Å²) in [5.41, 5.74) is 0.931. The first-order chi connectivity index (χ1) is 14.3. The molecule has 2 heterocycles. The SMILES string of the molecule is CN1C(=O)COc2ccc(C(=O)N3CC[C@](O)(c4ccccc4)[C@H](N(C)C)C3)cc21. The lowest BCUT2D eigenvalue weighted by atomic mass is 9.79. The van der Waals surface area contributed by atoms with Crippen LogP contribution in [0.4, 0.5) is 5.69 Å². The fourth-order valence-corrected chi connectivity index (χ4v) is 4.35. The van der Waals surface area contributed by atoms with Crippen LogP contribution in [0.3, 0.4) is 0 Å². The minimum atomic E-state index is -1.03. The van der Waals surface area contributed by atoms with E-state index < -0.39 is 5.60 Å². The van der Waals surface area contributed by atoms with Gasteiger partial charge in [-0.3, -0.25) is 9.59 Å². The number of anilines is 1. The molecular weight excluding hydrogens is 382 g/mol. The Morgan fingerprint density at radius 3 is 2.63 bits per heavy atom. The molecule has 2 amide bonds. The second-order valence-corrected chi connectivity index (χ2v) is 8.19. The molecule has 2 aliphatic heterocycles. The number of hydrogen-bond acceptors (Lipinski definition) is 5. The molecule has 2 aromatic rings. The Bertz CT molecular complexity index is 962. The van der Waals surface area contributed by atoms with E-state index in [1.807, 2.05) is 49.3 Å². The zero-order valence-corrected chi connectivity index (χ0v) is 17.5. The van der Waals surface area contributed by atoms with Crippen LogP contribution in [0.5, 0.6) is 5.75 Å². The molecule has 2 atom stereocenters. The summed E-state index contributed by atoms with van der Waals surface area (Å²) >= 11 is 0. The van der Waals surface area contributed by atoms with E-state index in [1.165, 1.54) is 4.90 Å². The third-order valence-electron chi connectivity index (χ3n) is 6.18. The summed E-state index contributed by atoms with van der Waals surface area (Å²) in [5.74, 6) is 0.328. The average molecular weight is 409 g/mol. The van der Waals surface area contributed by atoms with E-state index >= 15 is 0 Å².